The number of aliphatic hydroxyl groups excluding tert-OH is 1. The monoisotopic (exact) mass is 616 g/mol. The summed E-state index contributed by atoms with van der Waals surface area (Å²) in [6, 6.07) is 23.8. The van der Waals surface area contributed by atoms with Gasteiger partial charge in [-0.05, 0) is 46.9 Å². The van der Waals surface area contributed by atoms with Crippen molar-refractivity contribution in [2.24, 2.45) is 5.92 Å². The predicted molar refractivity (Wildman–Crippen MR) is 165 cm³/mol. The van der Waals surface area contributed by atoms with Crippen molar-refractivity contribution < 1.29 is 28.9 Å². The van der Waals surface area contributed by atoms with E-state index in [-0.39, 0.29) is 30.6 Å². The summed E-state index contributed by atoms with van der Waals surface area (Å²) in [7, 11) is 0. The van der Waals surface area contributed by atoms with Crippen molar-refractivity contribution in [2.75, 3.05) is 5.75 Å². The molecule has 5 atom stereocenters. The lowest BCUT2D eigenvalue weighted by Gasteiger charge is -2.41. The highest BCUT2D eigenvalue weighted by atomic mass is 32.2. The van der Waals surface area contributed by atoms with Crippen molar-refractivity contribution in [3.8, 4) is 11.1 Å². The molecule has 11 heteroatoms. The van der Waals surface area contributed by atoms with Crippen LogP contribution in [0.5, 0.6) is 0 Å². The Morgan fingerprint density at radius 3 is 2.48 bits per heavy atom. The maximum Gasteiger partial charge on any atom is 0.303 e. The number of aliphatic hydroxyl groups is 1. The van der Waals surface area contributed by atoms with Crippen LogP contribution in [0.15, 0.2) is 84.3 Å². The second-order valence-corrected chi connectivity index (χ2v) is 11.7. The fraction of sp³-hybridized carbons (Fsp3) is 0.333. The molecule has 44 heavy (non-hydrogen) atoms. The Labute approximate surface area is 260 Å². The molecule has 10 nitrogen and oxygen atoms in total. The molecule has 0 aliphatic carbocycles. The maximum absolute atomic E-state index is 12.3. The zero-order valence-corrected chi connectivity index (χ0v) is 25.6. The normalized spacial score (nSPS) is 20.5. The molecule has 1 aromatic heterocycles. The Hall–Kier alpha value is -4.03. The number of benzene rings is 3. The third-order valence-corrected chi connectivity index (χ3v) is 8.46. The Kier molecular flexibility index (Phi) is 10.4. The molecule has 3 N–H and O–H groups in total. The standard InChI is InChI=1S/C33H36N4O6S/c1-20-29(18-44-33-35-19-36-37-33)42-32(43-30(20)25-12-10-23(17-38)11-13-25)28-9-5-8-27(15-28)26-7-4-6-24(14-26)16-34-31(40)21(2)41-22(3)39/h4-15,19-21,29-30,32,38H,16-18H2,1-3H3,(H,34,40)(H,35,36,37). The van der Waals surface area contributed by atoms with Crippen molar-refractivity contribution in [1.29, 1.82) is 0 Å². The number of aromatic amines is 1. The zero-order chi connectivity index (χ0) is 31.1. The molecule has 4 aromatic rings. The average molecular weight is 617 g/mol. The van der Waals surface area contributed by atoms with Crippen molar-refractivity contribution in [2.45, 2.75) is 63.7 Å². The third-order valence-electron chi connectivity index (χ3n) is 7.50. The smallest absolute Gasteiger partial charge is 0.303 e. The Morgan fingerprint density at radius 2 is 1.77 bits per heavy atom. The number of thioether (sulfide) groups is 1. The summed E-state index contributed by atoms with van der Waals surface area (Å²) in [4.78, 5) is 27.7. The van der Waals surface area contributed by atoms with Crippen molar-refractivity contribution in [3.63, 3.8) is 0 Å². The Morgan fingerprint density at radius 1 is 1.02 bits per heavy atom. The second-order valence-electron chi connectivity index (χ2n) is 10.7. The van der Waals surface area contributed by atoms with Crippen LogP contribution in [0.3, 0.4) is 0 Å². The van der Waals surface area contributed by atoms with Gasteiger partial charge in [0.25, 0.3) is 5.91 Å². The van der Waals surface area contributed by atoms with E-state index < -0.39 is 18.4 Å². The van der Waals surface area contributed by atoms with E-state index in [4.69, 9.17) is 14.2 Å². The number of esters is 1. The van der Waals surface area contributed by atoms with Crippen LogP contribution in [0.2, 0.25) is 0 Å². The number of amides is 1. The molecule has 1 aliphatic rings. The minimum Gasteiger partial charge on any atom is -0.453 e. The molecule has 5 rings (SSSR count). The van der Waals surface area contributed by atoms with Crippen LogP contribution in [0, 0.1) is 5.92 Å². The van der Waals surface area contributed by atoms with E-state index in [1.165, 1.54) is 13.3 Å². The van der Waals surface area contributed by atoms with Crippen LogP contribution in [-0.2, 0) is 37.0 Å². The van der Waals surface area contributed by atoms with Crippen LogP contribution < -0.4 is 5.32 Å². The fourth-order valence-electron chi connectivity index (χ4n) is 5.10. The fourth-order valence-corrected chi connectivity index (χ4v) is 6.04. The van der Waals surface area contributed by atoms with Gasteiger partial charge in [-0.25, -0.2) is 4.98 Å². The van der Waals surface area contributed by atoms with Gasteiger partial charge in [0.1, 0.15) is 6.33 Å². The van der Waals surface area contributed by atoms with Gasteiger partial charge in [-0.1, -0.05) is 79.3 Å². The SMILES string of the molecule is CC(=O)OC(C)C(=O)NCc1cccc(-c2cccc(C3OC(CSc4ncn[nH]4)C(C)C(c4ccc(CO)cc4)O3)c2)c1. The van der Waals surface area contributed by atoms with Gasteiger partial charge in [-0.3, -0.25) is 14.7 Å². The summed E-state index contributed by atoms with van der Waals surface area (Å²) < 4.78 is 18.2. The van der Waals surface area contributed by atoms with E-state index in [2.05, 4.69) is 33.5 Å². The molecule has 5 unspecified atom stereocenters. The lowest BCUT2D eigenvalue weighted by molar-refractivity contribution is -0.268. The van der Waals surface area contributed by atoms with E-state index in [0.29, 0.717) is 12.3 Å². The topological polar surface area (TPSA) is 136 Å². The summed E-state index contributed by atoms with van der Waals surface area (Å²) >= 11 is 1.55. The van der Waals surface area contributed by atoms with Crippen LogP contribution in [-0.4, -0.2) is 50.1 Å². The van der Waals surface area contributed by atoms with E-state index >= 15 is 0 Å². The van der Waals surface area contributed by atoms with Gasteiger partial charge >= 0.3 is 5.97 Å². The number of ether oxygens (including phenoxy) is 3. The zero-order valence-electron chi connectivity index (χ0n) is 24.8. The number of carbonyl (C=O) groups excluding carboxylic acids is 2. The average Bonchev–Trinajstić information content (AvgIpc) is 3.57. The summed E-state index contributed by atoms with van der Waals surface area (Å²) in [5.74, 6) is -0.156. The molecule has 230 valence electrons. The van der Waals surface area contributed by atoms with Crippen molar-refractivity contribution in [1.82, 2.24) is 20.5 Å². The Bertz CT molecular complexity index is 1550. The first-order chi connectivity index (χ1) is 21.3. The lowest BCUT2D eigenvalue weighted by atomic mass is 9.91. The van der Waals surface area contributed by atoms with Gasteiger partial charge in [-0.15, -0.1) is 0 Å². The summed E-state index contributed by atoms with van der Waals surface area (Å²) in [5, 5.41) is 19.9. The van der Waals surface area contributed by atoms with E-state index in [1.54, 1.807) is 18.7 Å². The van der Waals surface area contributed by atoms with Gasteiger partial charge in [0.05, 0.1) is 18.8 Å². The molecule has 0 saturated carbocycles. The largest absolute Gasteiger partial charge is 0.453 e. The molecule has 2 heterocycles. The first-order valence-electron chi connectivity index (χ1n) is 14.4. The molecular formula is C33H36N4O6S. The predicted octanol–water partition coefficient (Wildman–Crippen LogP) is 5.12. The van der Waals surface area contributed by atoms with Crippen LogP contribution in [0.4, 0.5) is 0 Å². The van der Waals surface area contributed by atoms with Gasteiger partial charge < -0.3 is 24.6 Å². The second kappa shape index (κ2) is 14.6. The highest BCUT2D eigenvalue weighted by Crippen LogP contribution is 2.43. The number of nitrogens with zero attached hydrogens (tertiary/aromatic N) is 2. The molecule has 0 bridgehead atoms. The first-order valence-corrected chi connectivity index (χ1v) is 15.4. The molecule has 1 amide bonds. The maximum atomic E-state index is 12.3. The van der Waals surface area contributed by atoms with Crippen molar-refractivity contribution >= 4 is 23.6 Å². The number of rotatable bonds is 11. The van der Waals surface area contributed by atoms with Crippen LogP contribution in [0.25, 0.3) is 11.1 Å². The third kappa shape index (κ3) is 7.92. The van der Waals surface area contributed by atoms with Gasteiger partial charge in [-0.2, -0.15) is 5.10 Å². The Balaban J connectivity index is 1.35. The highest BCUT2D eigenvalue weighted by molar-refractivity contribution is 7.99. The number of hydrogen-bond donors (Lipinski definition) is 3. The lowest BCUT2D eigenvalue weighted by Crippen LogP contribution is -2.38. The molecular weight excluding hydrogens is 580 g/mol. The minimum absolute atomic E-state index is 0.0166. The number of H-pyrrole nitrogens is 1. The van der Waals surface area contributed by atoms with Crippen molar-refractivity contribution in [3.05, 3.63) is 101 Å². The number of nitrogens with one attached hydrogen (secondary N) is 2. The molecule has 1 fully saturated rings. The van der Waals surface area contributed by atoms with E-state index in [0.717, 1.165) is 38.5 Å². The number of aromatic nitrogens is 3. The number of hydrogen-bond acceptors (Lipinski definition) is 9. The van der Waals surface area contributed by atoms with Gasteiger partial charge in [0.2, 0.25) is 0 Å². The summed E-state index contributed by atoms with van der Waals surface area (Å²) in [6.45, 7) is 5.23. The van der Waals surface area contributed by atoms with Gasteiger partial charge in [0.15, 0.2) is 17.6 Å². The molecule has 1 aliphatic heterocycles. The molecule has 0 radical (unpaired) electrons. The van der Waals surface area contributed by atoms with Crippen LogP contribution >= 0.6 is 11.8 Å². The van der Waals surface area contributed by atoms with E-state index in [9.17, 15) is 14.7 Å². The van der Waals surface area contributed by atoms with Gasteiger partial charge in [0, 0.05) is 30.7 Å². The minimum atomic E-state index is -0.861. The summed E-state index contributed by atoms with van der Waals surface area (Å²) in [5.41, 5.74) is 5.61. The first kappa shape index (κ1) is 31.4. The molecule has 3 aromatic carbocycles. The number of carbonyl (C=O) groups is 2. The summed E-state index contributed by atoms with van der Waals surface area (Å²) in [6.07, 6.45) is -0.356. The van der Waals surface area contributed by atoms with Crippen LogP contribution in [0.1, 0.15) is 55.4 Å². The quantitative estimate of drug-likeness (QED) is 0.155. The molecule has 1 saturated heterocycles. The van der Waals surface area contributed by atoms with E-state index in [1.807, 2.05) is 66.7 Å². The highest BCUT2D eigenvalue weighted by Gasteiger charge is 2.38. The molecule has 0 spiro atoms.